The van der Waals surface area contributed by atoms with Gasteiger partial charge in [-0.05, 0) is 41.8 Å². The molecule has 0 amide bonds. The molecule has 32 heavy (non-hydrogen) atoms. The van der Waals surface area contributed by atoms with Gasteiger partial charge in [0.2, 0.25) is 0 Å². The van der Waals surface area contributed by atoms with Gasteiger partial charge in [-0.3, -0.25) is 10.1 Å². The summed E-state index contributed by atoms with van der Waals surface area (Å²) in [5, 5.41) is 11.6. The molecule has 7 nitrogen and oxygen atoms in total. The van der Waals surface area contributed by atoms with E-state index in [2.05, 4.69) is 0 Å². The maximum atomic E-state index is 12.3. The van der Waals surface area contributed by atoms with Crippen molar-refractivity contribution in [1.82, 2.24) is 0 Å². The number of non-ortho nitro benzene ring substituents is 1. The van der Waals surface area contributed by atoms with Crippen LogP contribution in [0.5, 0.6) is 5.75 Å². The summed E-state index contributed by atoms with van der Waals surface area (Å²) >= 11 is 0. The lowest BCUT2D eigenvalue weighted by Crippen LogP contribution is -2.06. The van der Waals surface area contributed by atoms with Gasteiger partial charge in [-0.2, -0.15) is 0 Å². The summed E-state index contributed by atoms with van der Waals surface area (Å²) in [5.74, 6) is -0.417. The molecule has 3 aromatic carbocycles. The predicted octanol–water partition coefficient (Wildman–Crippen LogP) is 5.30. The Morgan fingerprint density at radius 1 is 1.03 bits per heavy atom. The molecule has 0 aliphatic carbocycles. The molecule has 0 radical (unpaired) electrons. The Morgan fingerprint density at radius 3 is 2.56 bits per heavy atom. The first-order valence-corrected chi connectivity index (χ1v) is 9.69. The van der Waals surface area contributed by atoms with Crippen LogP contribution in [-0.4, -0.2) is 10.9 Å². The summed E-state index contributed by atoms with van der Waals surface area (Å²) in [6.45, 7) is 1.70. The van der Waals surface area contributed by atoms with Crippen LogP contribution in [0.4, 0.5) is 5.69 Å². The van der Waals surface area contributed by atoms with Gasteiger partial charge in [0.05, 0.1) is 4.92 Å². The summed E-state index contributed by atoms with van der Waals surface area (Å²) in [6.07, 6.45) is 2.61. The van der Waals surface area contributed by atoms with E-state index >= 15 is 0 Å². The summed E-state index contributed by atoms with van der Waals surface area (Å²) in [5.41, 5.74) is 2.35. The zero-order chi connectivity index (χ0) is 22.7. The summed E-state index contributed by atoms with van der Waals surface area (Å²) < 4.78 is 10.8. The molecular weight excluding hydrogens is 410 g/mol. The maximum absolute atomic E-state index is 12.3. The van der Waals surface area contributed by atoms with Crippen LogP contribution in [0.1, 0.15) is 11.1 Å². The highest BCUT2D eigenvalue weighted by Gasteiger charge is 2.14. The number of nitrogens with zero attached hydrogens (tertiary/aromatic N) is 1. The first kappa shape index (κ1) is 20.7. The van der Waals surface area contributed by atoms with Gasteiger partial charge in [-0.15, -0.1) is 0 Å². The fourth-order valence-corrected chi connectivity index (χ4v) is 3.36. The fraction of sp³-hybridized carbons (Fsp3) is 0.0400. The number of esters is 1. The van der Waals surface area contributed by atoms with Crippen LogP contribution in [0.3, 0.4) is 0 Å². The molecule has 1 heterocycles. The number of aryl methyl sites for hydroxylation is 1. The smallest absolute Gasteiger partial charge is 0.336 e. The number of hydrogen-bond donors (Lipinski definition) is 0. The van der Waals surface area contributed by atoms with E-state index < -0.39 is 16.5 Å². The predicted molar refractivity (Wildman–Crippen MR) is 120 cm³/mol. The van der Waals surface area contributed by atoms with Gasteiger partial charge < -0.3 is 9.15 Å². The van der Waals surface area contributed by atoms with E-state index in [9.17, 15) is 19.7 Å². The Morgan fingerprint density at radius 2 is 1.81 bits per heavy atom. The van der Waals surface area contributed by atoms with Crippen molar-refractivity contribution in [2.45, 2.75) is 6.92 Å². The van der Waals surface area contributed by atoms with Crippen molar-refractivity contribution in [3.8, 4) is 16.9 Å². The number of fused-ring (bicyclic) bond motifs is 1. The van der Waals surface area contributed by atoms with Crippen LogP contribution in [0, 0.1) is 17.0 Å². The van der Waals surface area contributed by atoms with E-state index in [1.807, 2.05) is 30.3 Å². The molecule has 0 N–H and O–H groups in total. The zero-order valence-corrected chi connectivity index (χ0v) is 17.0. The molecule has 1 aromatic heterocycles. The number of carbonyl (C=O) groups is 1. The molecule has 0 saturated heterocycles. The van der Waals surface area contributed by atoms with Crippen molar-refractivity contribution in [1.29, 1.82) is 0 Å². The highest BCUT2D eigenvalue weighted by molar-refractivity contribution is 5.96. The number of hydrogen-bond acceptors (Lipinski definition) is 6. The second-order valence-corrected chi connectivity index (χ2v) is 7.02. The maximum Gasteiger partial charge on any atom is 0.336 e. The van der Waals surface area contributed by atoms with Crippen molar-refractivity contribution in [2.24, 2.45) is 0 Å². The van der Waals surface area contributed by atoms with Crippen molar-refractivity contribution in [3.63, 3.8) is 0 Å². The fourth-order valence-electron chi connectivity index (χ4n) is 3.36. The molecule has 0 aliphatic rings. The number of rotatable bonds is 5. The Hall–Kier alpha value is -4.52. The number of nitro groups is 1. The van der Waals surface area contributed by atoms with Crippen molar-refractivity contribution >= 4 is 28.7 Å². The second kappa shape index (κ2) is 8.69. The number of carbonyl (C=O) groups excluding carboxylic acids is 1. The van der Waals surface area contributed by atoms with Crippen LogP contribution < -0.4 is 10.4 Å². The van der Waals surface area contributed by atoms with Gasteiger partial charge in [-0.25, -0.2) is 9.59 Å². The van der Waals surface area contributed by atoms with Crippen LogP contribution in [0.2, 0.25) is 0 Å². The van der Waals surface area contributed by atoms with Gasteiger partial charge in [0.1, 0.15) is 11.3 Å². The number of nitro benzene ring substituents is 1. The van der Waals surface area contributed by atoms with Gasteiger partial charge in [0.25, 0.3) is 5.69 Å². The third-order valence-corrected chi connectivity index (χ3v) is 4.90. The molecule has 0 unspecified atom stereocenters. The number of benzene rings is 3. The van der Waals surface area contributed by atoms with E-state index in [1.54, 1.807) is 25.1 Å². The van der Waals surface area contributed by atoms with Crippen LogP contribution in [-0.2, 0) is 4.79 Å². The van der Waals surface area contributed by atoms with Crippen molar-refractivity contribution in [2.75, 3.05) is 0 Å². The second-order valence-electron chi connectivity index (χ2n) is 7.02. The highest BCUT2D eigenvalue weighted by Crippen LogP contribution is 2.33. The Labute approximate surface area is 182 Å². The molecule has 0 bridgehead atoms. The summed E-state index contributed by atoms with van der Waals surface area (Å²) in [7, 11) is 0. The van der Waals surface area contributed by atoms with Gasteiger partial charge in [-0.1, -0.05) is 42.5 Å². The molecule has 4 aromatic rings. The number of ether oxygens (including phenoxy) is 1. The van der Waals surface area contributed by atoms with Gasteiger partial charge in [0.15, 0.2) is 0 Å². The lowest BCUT2D eigenvalue weighted by Gasteiger charge is -2.11. The minimum atomic E-state index is -0.666. The third-order valence-electron chi connectivity index (χ3n) is 4.90. The standard InChI is InChI=1S/C25H17NO6/c1-16-22(31-23(27)13-10-17-6-5-9-19(14-17)26(29)30)12-11-20-21(15-24(28)32-25(16)20)18-7-3-2-4-8-18/h2-15H,1H3/b13-10+. The van der Waals surface area contributed by atoms with E-state index in [0.717, 1.165) is 16.5 Å². The monoisotopic (exact) mass is 427 g/mol. The molecule has 0 saturated carbocycles. The van der Waals surface area contributed by atoms with E-state index in [-0.39, 0.29) is 11.4 Å². The van der Waals surface area contributed by atoms with E-state index in [1.165, 1.54) is 36.4 Å². The first-order chi connectivity index (χ1) is 15.4. The Bertz CT molecular complexity index is 1420. The zero-order valence-electron chi connectivity index (χ0n) is 17.0. The molecule has 158 valence electrons. The van der Waals surface area contributed by atoms with Crippen molar-refractivity contribution < 1.29 is 18.9 Å². The van der Waals surface area contributed by atoms with E-state index in [4.69, 9.17) is 9.15 Å². The quantitative estimate of drug-likeness (QED) is 0.107. The largest absolute Gasteiger partial charge is 0.423 e. The first-order valence-electron chi connectivity index (χ1n) is 9.69. The molecule has 7 heteroatoms. The SMILES string of the molecule is Cc1c(OC(=O)/C=C/c2cccc([N+](=O)[O-])c2)ccc2c(-c3ccccc3)cc(=O)oc12. The average molecular weight is 427 g/mol. The molecule has 0 atom stereocenters. The molecule has 0 aliphatic heterocycles. The van der Waals surface area contributed by atoms with Crippen molar-refractivity contribution in [3.05, 3.63) is 111 Å². The lowest BCUT2D eigenvalue weighted by atomic mass is 10.0. The topological polar surface area (TPSA) is 99.6 Å². The van der Waals surface area contributed by atoms with Gasteiger partial charge >= 0.3 is 11.6 Å². The lowest BCUT2D eigenvalue weighted by molar-refractivity contribution is -0.384. The average Bonchev–Trinajstić information content (AvgIpc) is 2.80. The summed E-state index contributed by atoms with van der Waals surface area (Å²) in [6, 6.07) is 20.2. The Balaban J connectivity index is 1.63. The normalized spacial score (nSPS) is 11.0. The minimum Gasteiger partial charge on any atom is -0.423 e. The molecule has 0 fully saturated rings. The molecule has 4 rings (SSSR count). The minimum absolute atomic E-state index is 0.0739. The van der Waals surface area contributed by atoms with Crippen LogP contribution >= 0.6 is 0 Å². The van der Waals surface area contributed by atoms with Crippen LogP contribution in [0.15, 0.2) is 88.1 Å². The van der Waals surface area contributed by atoms with E-state index in [0.29, 0.717) is 16.7 Å². The highest BCUT2D eigenvalue weighted by atomic mass is 16.6. The Kier molecular flexibility index (Phi) is 5.63. The molecular formula is C25H17NO6. The molecule has 0 spiro atoms. The van der Waals surface area contributed by atoms with Gasteiger partial charge in [0, 0.05) is 35.2 Å². The third kappa shape index (κ3) is 4.32. The van der Waals surface area contributed by atoms with Crippen LogP contribution in [0.25, 0.3) is 28.2 Å². The summed E-state index contributed by atoms with van der Waals surface area (Å²) in [4.78, 5) is 34.8.